The Hall–Kier alpha value is -5.78. The number of piperazine rings is 1. The van der Waals surface area contributed by atoms with Crippen molar-refractivity contribution < 1.29 is 8.78 Å². The van der Waals surface area contributed by atoms with E-state index in [1.807, 2.05) is 78.9 Å². The first kappa shape index (κ1) is 34.1. The van der Waals surface area contributed by atoms with Gasteiger partial charge in [0.15, 0.2) is 0 Å². The van der Waals surface area contributed by atoms with E-state index >= 15 is 0 Å². The molecule has 1 aliphatic rings. The molecule has 7 rings (SSSR count). The molecule has 6 aromatic carbocycles. The van der Waals surface area contributed by atoms with Crippen LogP contribution in [0.25, 0.3) is 24.3 Å². The van der Waals surface area contributed by atoms with Gasteiger partial charge < -0.3 is 14.7 Å². The van der Waals surface area contributed by atoms with Crippen molar-refractivity contribution in [1.82, 2.24) is 4.90 Å². The van der Waals surface area contributed by atoms with Gasteiger partial charge in [-0.2, -0.15) is 0 Å². The van der Waals surface area contributed by atoms with Gasteiger partial charge in [0.25, 0.3) is 0 Å². The Balaban J connectivity index is 0.000000178. The second-order valence-corrected chi connectivity index (χ2v) is 12.2. The molecule has 3 nitrogen and oxygen atoms in total. The van der Waals surface area contributed by atoms with Crippen LogP contribution in [0.15, 0.2) is 158 Å². The molecule has 0 radical (unpaired) electrons. The van der Waals surface area contributed by atoms with Crippen LogP contribution in [0.5, 0.6) is 0 Å². The smallest absolute Gasteiger partial charge is 0.130 e. The molecule has 5 heteroatoms. The van der Waals surface area contributed by atoms with E-state index in [9.17, 15) is 8.78 Å². The van der Waals surface area contributed by atoms with Crippen molar-refractivity contribution in [3.05, 3.63) is 192 Å². The van der Waals surface area contributed by atoms with Gasteiger partial charge in [0.1, 0.15) is 11.6 Å². The Labute approximate surface area is 294 Å². The van der Waals surface area contributed by atoms with Crippen LogP contribution in [0.2, 0.25) is 0 Å². The second-order valence-electron chi connectivity index (χ2n) is 12.2. The normalized spacial score (nSPS) is 13.3. The minimum absolute atomic E-state index is 0.187. The van der Waals surface area contributed by atoms with Gasteiger partial charge in [0.05, 0.1) is 0 Å². The highest BCUT2D eigenvalue weighted by Gasteiger charge is 2.14. The lowest BCUT2D eigenvalue weighted by Gasteiger charge is -2.34. The number of nitrogens with zero attached hydrogens (tertiary/aromatic N) is 3. The van der Waals surface area contributed by atoms with Crippen LogP contribution >= 0.6 is 0 Å². The molecule has 0 aromatic heterocycles. The van der Waals surface area contributed by atoms with Crippen LogP contribution in [0.3, 0.4) is 0 Å². The molecular formula is C45H41F2N3. The van der Waals surface area contributed by atoms with Crippen molar-refractivity contribution in [2.24, 2.45) is 0 Å². The average molecular weight is 662 g/mol. The first-order chi connectivity index (χ1) is 24.5. The van der Waals surface area contributed by atoms with Crippen LogP contribution in [-0.2, 0) is 0 Å². The summed E-state index contributed by atoms with van der Waals surface area (Å²) in [6.45, 7) is 4.35. The zero-order valence-corrected chi connectivity index (χ0v) is 28.2. The van der Waals surface area contributed by atoms with E-state index in [1.54, 1.807) is 30.3 Å². The maximum atomic E-state index is 13.8. The summed E-state index contributed by atoms with van der Waals surface area (Å²) in [6.07, 6.45) is 7.50. The van der Waals surface area contributed by atoms with Gasteiger partial charge in [-0.3, -0.25) is 0 Å². The van der Waals surface area contributed by atoms with E-state index in [4.69, 9.17) is 0 Å². The molecule has 1 heterocycles. The van der Waals surface area contributed by atoms with Crippen molar-refractivity contribution in [2.45, 2.75) is 0 Å². The number of anilines is 4. The zero-order chi connectivity index (χ0) is 34.5. The average Bonchev–Trinajstić information content (AvgIpc) is 3.17. The molecule has 0 amide bonds. The Morgan fingerprint density at radius 3 is 1.30 bits per heavy atom. The number of halogens is 2. The highest BCUT2D eigenvalue weighted by molar-refractivity contribution is 5.78. The molecule has 0 aliphatic carbocycles. The van der Waals surface area contributed by atoms with Crippen LogP contribution in [-0.4, -0.2) is 38.1 Å². The first-order valence-electron chi connectivity index (χ1n) is 16.9. The highest BCUT2D eigenvalue weighted by atomic mass is 19.1. The number of likely N-dealkylation sites (N-methyl/N-ethyl adjacent to an activating group) is 1. The number of hydrogen-bond acceptors (Lipinski definition) is 3. The topological polar surface area (TPSA) is 9.72 Å². The van der Waals surface area contributed by atoms with Crippen molar-refractivity contribution in [2.75, 3.05) is 43.0 Å². The summed E-state index contributed by atoms with van der Waals surface area (Å²) in [4.78, 5) is 6.97. The number of para-hydroxylation sites is 2. The maximum absolute atomic E-state index is 13.8. The predicted octanol–water partition coefficient (Wildman–Crippen LogP) is 11.2. The summed E-state index contributed by atoms with van der Waals surface area (Å²) in [5.74, 6) is -0.400. The highest BCUT2D eigenvalue weighted by Crippen LogP contribution is 2.34. The molecule has 0 bridgehead atoms. The van der Waals surface area contributed by atoms with Crippen LogP contribution in [0.1, 0.15) is 22.3 Å². The quantitative estimate of drug-likeness (QED) is 0.150. The molecule has 250 valence electrons. The first-order valence-corrected chi connectivity index (χ1v) is 16.9. The largest absolute Gasteiger partial charge is 0.369 e. The molecular weight excluding hydrogens is 621 g/mol. The standard InChI is InChI=1S/C26H20FN.C19H21FN2/c27-26-14-8-7-9-22(26)18-15-21-16-19-25(20-17-21)28(23-10-3-1-4-11-23)24-12-5-2-6-13-24;1-21-12-14-22(15-13-21)18-10-7-16(8-11-18)6-9-17-4-2-3-5-19(17)20/h1-20H;2-11H,12-15H2,1H3. The molecule has 6 aromatic rings. The number of rotatable bonds is 8. The Bertz CT molecular complexity index is 1940. The summed E-state index contributed by atoms with van der Waals surface area (Å²) in [5, 5.41) is 0. The lowest BCUT2D eigenvalue weighted by Crippen LogP contribution is -2.44. The Morgan fingerprint density at radius 1 is 0.440 bits per heavy atom. The molecule has 0 saturated carbocycles. The van der Waals surface area contributed by atoms with Gasteiger partial charge in [0, 0.05) is 60.1 Å². The second kappa shape index (κ2) is 17.0. The summed E-state index contributed by atoms with van der Waals surface area (Å²) in [7, 11) is 2.16. The van der Waals surface area contributed by atoms with Crippen molar-refractivity contribution >= 4 is 47.1 Å². The van der Waals surface area contributed by atoms with Crippen molar-refractivity contribution in [1.29, 1.82) is 0 Å². The van der Waals surface area contributed by atoms with Crippen molar-refractivity contribution in [3.63, 3.8) is 0 Å². The summed E-state index contributed by atoms with van der Waals surface area (Å²) < 4.78 is 27.3. The van der Waals surface area contributed by atoms with Crippen LogP contribution in [0.4, 0.5) is 31.5 Å². The third-order valence-electron chi connectivity index (χ3n) is 8.66. The molecule has 0 N–H and O–H groups in total. The van der Waals surface area contributed by atoms with Gasteiger partial charge in [-0.1, -0.05) is 121 Å². The molecule has 0 atom stereocenters. The minimum Gasteiger partial charge on any atom is -0.369 e. The monoisotopic (exact) mass is 661 g/mol. The van der Waals surface area contributed by atoms with E-state index < -0.39 is 0 Å². The van der Waals surface area contributed by atoms with E-state index in [-0.39, 0.29) is 11.6 Å². The lowest BCUT2D eigenvalue weighted by atomic mass is 10.1. The predicted molar refractivity (Wildman–Crippen MR) is 208 cm³/mol. The fraction of sp³-hybridized carbons (Fsp3) is 0.111. The number of benzene rings is 6. The molecule has 1 saturated heterocycles. The fourth-order valence-electron chi connectivity index (χ4n) is 5.79. The van der Waals surface area contributed by atoms with Crippen molar-refractivity contribution in [3.8, 4) is 0 Å². The summed E-state index contributed by atoms with van der Waals surface area (Å²) in [5.41, 5.74) is 7.84. The molecule has 1 fully saturated rings. The molecule has 1 aliphatic heterocycles. The van der Waals surface area contributed by atoms with Gasteiger partial charge >= 0.3 is 0 Å². The summed E-state index contributed by atoms with van der Waals surface area (Å²) >= 11 is 0. The Kier molecular flexibility index (Phi) is 11.6. The molecule has 0 spiro atoms. The van der Waals surface area contributed by atoms with E-state index in [0.717, 1.165) is 54.4 Å². The van der Waals surface area contributed by atoms with Gasteiger partial charge in [-0.15, -0.1) is 0 Å². The Morgan fingerprint density at radius 2 is 0.840 bits per heavy atom. The van der Waals surface area contributed by atoms with Crippen LogP contribution in [0, 0.1) is 11.6 Å². The number of hydrogen-bond donors (Lipinski definition) is 0. The third kappa shape index (κ3) is 9.22. The van der Waals surface area contributed by atoms with E-state index in [2.05, 4.69) is 82.4 Å². The zero-order valence-electron chi connectivity index (χ0n) is 28.2. The van der Waals surface area contributed by atoms with E-state index in [1.165, 1.54) is 17.8 Å². The van der Waals surface area contributed by atoms with Gasteiger partial charge in [-0.25, -0.2) is 8.78 Å². The minimum atomic E-state index is -0.213. The summed E-state index contributed by atoms with van der Waals surface area (Å²) in [6, 6.07) is 50.9. The van der Waals surface area contributed by atoms with Gasteiger partial charge in [-0.05, 0) is 78.8 Å². The molecule has 50 heavy (non-hydrogen) atoms. The van der Waals surface area contributed by atoms with Gasteiger partial charge in [0.2, 0.25) is 0 Å². The van der Waals surface area contributed by atoms with Crippen LogP contribution < -0.4 is 9.80 Å². The SMILES string of the molecule is CN1CCN(c2ccc(C=Cc3ccccc3F)cc2)CC1.Fc1ccccc1C=Cc1ccc(N(c2ccccc2)c2ccccc2)cc1. The fourth-order valence-corrected chi connectivity index (χ4v) is 5.79. The van der Waals surface area contributed by atoms with E-state index in [0.29, 0.717) is 11.1 Å². The third-order valence-corrected chi connectivity index (χ3v) is 8.66. The lowest BCUT2D eigenvalue weighted by molar-refractivity contribution is 0.313. The molecule has 0 unspecified atom stereocenters. The maximum Gasteiger partial charge on any atom is 0.130 e.